The monoisotopic (exact) mass is 450 g/mol. The van der Waals surface area contributed by atoms with E-state index in [1.807, 2.05) is 20.8 Å². The maximum absolute atomic E-state index is 15.0. The Morgan fingerprint density at radius 1 is 1.15 bits per heavy atom. The van der Waals surface area contributed by atoms with Crippen LogP contribution < -0.4 is 15.0 Å². The molecule has 0 spiro atoms. The lowest BCUT2D eigenvalue weighted by atomic mass is 9.97. The molecular weight excluding hydrogens is 422 g/mol. The Morgan fingerprint density at radius 2 is 2.00 bits per heavy atom. The largest absolute Gasteiger partial charge is 0.486 e. The lowest BCUT2D eigenvalue weighted by molar-refractivity contribution is 0.252. The van der Waals surface area contributed by atoms with Crippen molar-refractivity contribution in [3.8, 4) is 17.0 Å². The van der Waals surface area contributed by atoms with Crippen LogP contribution in [0.1, 0.15) is 43.3 Å². The van der Waals surface area contributed by atoms with Crippen molar-refractivity contribution in [3.05, 3.63) is 70.7 Å². The van der Waals surface area contributed by atoms with Crippen molar-refractivity contribution in [2.75, 3.05) is 18.1 Å². The molecule has 1 N–H and O–H groups in total. The van der Waals surface area contributed by atoms with Crippen molar-refractivity contribution in [2.24, 2.45) is 0 Å². The standard InChI is InChI=1S/C26H28F2N4O/c1-15(2)32-16(3)14-33-26-21(27)10-19(11-23(26)32)25-22(28)13-30-24(31-25)9-17-4-5-18-6-7-29-12-20(18)8-17/h4-5,8,10-11,13,15-16,29H,6-7,9,12,14H2,1-3H3. The number of nitrogens with zero attached hydrogens (tertiary/aromatic N) is 3. The zero-order valence-corrected chi connectivity index (χ0v) is 19.2. The van der Waals surface area contributed by atoms with E-state index in [1.165, 1.54) is 23.4 Å². The first kappa shape index (κ1) is 21.8. The van der Waals surface area contributed by atoms with Gasteiger partial charge in [0.25, 0.3) is 0 Å². The first-order valence-corrected chi connectivity index (χ1v) is 11.5. The topological polar surface area (TPSA) is 50.3 Å². The van der Waals surface area contributed by atoms with E-state index >= 15 is 0 Å². The van der Waals surface area contributed by atoms with Crippen LogP contribution in [0.25, 0.3) is 11.3 Å². The van der Waals surface area contributed by atoms with Gasteiger partial charge in [0.2, 0.25) is 0 Å². The summed E-state index contributed by atoms with van der Waals surface area (Å²) in [5.74, 6) is -0.378. The number of hydrogen-bond acceptors (Lipinski definition) is 5. The SMILES string of the molecule is CC(C)N1c2cc(-c3nc(Cc4ccc5c(c4)CNCC5)ncc3F)cc(F)c2OCC1C. The molecule has 0 fully saturated rings. The average Bonchev–Trinajstić information content (AvgIpc) is 2.79. The molecule has 2 aliphatic heterocycles. The van der Waals surface area contributed by atoms with Gasteiger partial charge in [0.05, 0.1) is 17.9 Å². The second-order valence-corrected chi connectivity index (χ2v) is 9.16. The molecule has 0 radical (unpaired) electrons. The summed E-state index contributed by atoms with van der Waals surface area (Å²) in [6.07, 6.45) is 2.67. The number of halogens is 2. The van der Waals surface area contributed by atoms with Gasteiger partial charge in [0, 0.05) is 24.6 Å². The fourth-order valence-corrected chi connectivity index (χ4v) is 4.88. The maximum atomic E-state index is 15.0. The molecule has 0 saturated carbocycles. The molecule has 5 rings (SSSR count). The van der Waals surface area contributed by atoms with Crippen LogP contribution in [0.5, 0.6) is 5.75 Å². The minimum atomic E-state index is -0.575. The molecule has 7 heteroatoms. The van der Waals surface area contributed by atoms with Gasteiger partial charge in [-0.1, -0.05) is 18.2 Å². The molecule has 33 heavy (non-hydrogen) atoms. The van der Waals surface area contributed by atoms with Crippen LogP contribution >= 0.6 is 0 Å². The van der Waals surface area contributed by atoms with E-state index in [4.69, 9.17) is 4.74 Å². The van der Waals surface area contributed by atoms with Crippen LogP contribution in [-0.4, -0.2) is 35.2 Å². The Hall–Kier alpha value is -3.06. The molecular formula is C26H28F2N4O. The highest BCUT2D eigenvalue weighted by atomic mass is 19.1. The molecule has 2 aliphatic rings. The molecule has 172 valence electrons. The third kappa shape index (κ3) is 4.17. The molecule has 1 aromatic heterocycles. The Kier molecular flexibility index (Phi) is 5.74. The molecule has 0 bridgehead atoms. The fourth-order valence-electron chi connectivity index (χ4n) is 4.88. The van der Waals surface area contributed by atoms with Gasteiger partial charge in [-0.3, -0.25) is 0 Å². The van der Waals surface area contributed by atoms with Gasteiger partial charge in [0.1, 0.15) is 18.1 Å². The van der Waals surface area contributed by atoms with Crippen molar-refractivity contribution in [1.29, 1.82) is 0 Å². The lowest BCUT2D eigenvalue weighted by Gasteiger charge is -2.40. The normalized spacial score (nSPS) is 17.5. The first-order valence-electron chi connectivity index (χ1n) is 11.5. The third-order valence-electron chi connectivity index (χ3n) is 6.39. The van der Waals surface area contributed by atoms with E-state index < -0.39 is 11.6 Å². The van der Waals surface area contributed by atoms with Crippen LogP contribution in [0.3, 0.4) is 0 Å². The van der Waals surface area contributed by atoms with E-state index in [1.54, 1.807) is 6.07 Å². The second-order valence-electron chi connectivity index (χ2n) is 9.16. The minimum Gasteiger partial charge on any atom is -0.486 e. The van der Waals surface area contributed by atoms with Crippen molar-refractivity contribution in [1.82, 2.24) is 15.3 Å². The Morgan fingerprint density at radius 3 is 2.82 bits per heavy atom. The minimum absolute atomic E-state index is 0.0801. The molecule has 2 aromatic carbocycles. The van der Waals surface area contributed by atoms with Gasteiger partial charge in [0.15, 0.2) is 17.4 Å². The first-order chi connectivity index (χ1) is 15.9. The summed E-state index contributed by atoms with van der Waals surface area (Å²) in [4.78, 5) is 10.8. The van der Waals surface area contributed by atoms with E-state index in [0.717, 1.165) is 25.1 Å². The predicted molar refractivity (Wildman–Crippen MR) is 125 cm³/mol. The molecule has 3 heterocycles. The highest BCUT2D eigenvalue weighted by molar-refractivity contribution is 5.72. The van der Waals surface area contributed by atoms with Gasteiger partial charge < -0.3 is 15.0 Å². The summed E-state index contributed by atoms with van der Waals surface area (Å²) in [5, 5.41) is 3.38. The number of fused-ring (bicyclic) bond motifs is 2. The second kappa shape index (κ2) is 8.71. The lowest BCUT2D eigenvalue weighted by Crippen LogP contribution is -2.45. The molecule has 3 aromatic rings. The van der Waals surface area contributed by atoms with E-state index in [-0.39, 0.29) is 23.5 Å². The number of aromatic nitrogens is 2. The van der Waals surface area contributed by atoms with E-state index in [2.05, 4.69) is 38.4 Å². The Balaban J connectivity index is 1.50. The predicted octanol–water partition coefficient (Wildman–Crippen LogP) is 4.65. The molecule has 0 saturated heterocycles. The van der Waals surface area contributed by atoms with Crippen LogP contribution in [0.15, 0.2) is 36.5 Å². The average molecular weight is 451 g/mol. The van der Waals surface area contributed by atoms with Gasteiger partial charge in [-0.25, -0.2) is 18.7 Å². The number of rotatable bonds is 4. The molecule has 1 unspecified atom stereocenters. The highest BCUT2D eigenvalue weighted by Crippen LogP contribution is 2.40. The zero-order chi connectivity index (χ0) is 23.1. The number of nitrogens with one attached hydrogen (secondary N) is 1. The summed E-state index contributed by atoms with van der Waals surface area (Å²) in [5.41, 5.74) is 4.81. The van der Waals surface area contributed by atoms with Crippen molar-refractivity contribution in [3.63, 3.8) is 0 Å². The van der Waals surface area contributed by atoms with Crippen molar-refractivity contribution in [2.45, 2.75) is 52.2 Å². The van der Waals surface area contributed by atoms with E-state index in [0.29, 0.717) is 30.1 Å². The zero-order valence-electron chi connectivity index (χ0n) is 19.2. The Bertz CT molecular complexity index is 1200. The quantitative estimate of drug-likeness (QED) is 0.627. The molecule has 1 atom stereocenters. The van der Waals surface area contributed by atoms with Crippen LogP contribution in [-0.2, 0) is 19.4 Å². The number of ether oxygens (including phenoxy) is 1. The van der Waals surface area contributed by atoms with Crippen molar-refractivity contribution >= 4 is 5.69 Å². The van der Waals surface area contributed by atoms with Crippen LogP contribution in [0.4, 0.5) is 14.5 Å². The summed E-state index contributed by atoms with van der Waals surface area (Å²) < 4.78 is 35.5. The fraction of sp³-hybridized carbons (Fsp3) is 0.385. The van der Waals surface area contributed by atoms with Crippen LogP contribution in [0, 0.1) is 11.6 Å². The molecule has 0 amide bonds. The summed E-state index contributed by atoms with van der Waals surface area (Å²) in [6, 6.07) is 9.68. The molecule has 5 nitrogen and oxygen atoms in total. The summed E-state index contributed by atoms with van der Waals surface area (Å²) >= 11 is 0. The van der Waals surface area contributed by atoms with Gasteiger partial charge in [-0.2, -0.15) is 0 Å². The van der Waals surface area contributed by atoms with Crippen LogP contribution in [0.2, 0.25) is 0 Å². The number of benzene rings is 2. The van der Waals surface area contributed by atoms with Gasteiger partial charge >= 0.3 is 0 Å². The smallest absolute Gasteiger partial charge is 0.178 e. The van der Waals surface area contributed by atoms with Gasteiger partial charge in [-0.05, 0) is 62.6 Å². The maximum Gasteiger partial charge on any atom is 0.178 e. The third-order valence-corrected chi connectivity index (χ3v) is 6.39. The number of anilines is 1. The van der Waals surface area contributed by atoms with Crippen molar-refractivity contribution < 1.29 is 13.5 Å². The van der Waals surface area contributed by atoms with E-state index in [9.17, 15) is 8.78 Å². The Labute approximate surface area is 192 Å². The molecule has 0 aliphatic carbocycles. The highest BCUT2D eigenvalue weighted by Gasteiger charge is 2.30. The number of hydrogen-bond donors (Lipinski definition) is 1. The summed E-state index contributed by atoms with van der Waals surface area (Å²) in [7, 11) is 0. The summed E-state index contributed by atoms with van der Waals surface area (Å²) in [6.45, 7) is 8.38. The van der Waals surface area contributed by atoms with Gasteiger partial charge in [-0.15, -0.1) is 0 Å².